The number of fused-ring (bicyclic) bond motifs is 1. The summed E-state index contributed by atoms with van der Waals surface area (Å²) >= 11 is 0. The van der Waals surface area contributed by atoms with Crippen LogP contribution in [0.1, 0.15) is 31.7 Å². The normalized spacial score (nSPS) is 19.1. The lowest BCUT2D eigenvalue weighted by Crippen LogP contribution is -2.26. The van der Waals surface area contributed by atoms with Crippen molar-refractivity contribution in [3.8, 4) is 17.0 Å². The average Bonchev–Trinajstić information content (AvgIpc) is 3.38. The molecule has 5 rings (SSSR count). The van der Waals surface area contributed by atoms with Crippen LogP contribution in [-0.2, 0) is 7.05 Å². The van der Waals surface area contributed by atoms with Crippen molar-refractivity contribution in [1.29, 1.82) is 0 Å². The molecule has 7 nitrogen and oxygen atoms in total. The summed E-state index contributed by atoms with van der Waals surface area (Å²) in [6.07, 6.45) is 10.2. The second kappa shape index (κ2) is 7.82. The molecule has 154 valence electrons. The van der Waals surface area contributed by atoms with E-state index in [2.05, 4.69) is 26.1 Å². The standard InChI is InChI=1S/C23H26N6O/c1-24-22-12-21-20(14-25-22)23(16-13-26-28(2)15-16)27-29(21)17-8-10-19(11-9-17)30-18-6-4-3-5-7-18/h3-7,12-15,17,19H,8-11H2,1-2H3,(H,24,25)/t17-,19+. The number of ether oxygens (including phenoxy) is 1. The molecule has 0 bridgehead atoms. The van der Waals surface area contributed by atoms with Gasteiger partial charge in [-0.05, 0) is 37.8 Å². The van der Waals surface area contributed by atoms with Crippen molar-refractivity contribution >= 4 is 16.7 Å². The van der Waals surface area contributed by atoms with Crippen molar-refractivity contribution in [3.63, 3.8) is 0 Å². The van der Waals surface area contributed by atoms with Gasteiger partial charge in [0.25, 0.3) is 0 Å². The van der Waals surface area contributed by atoms with E-state index in [-0.39, 0.29) is 6.10 Å². The van der Waals surface area contributed by atoms with Crippen molar-refractivity contribution in [3.05, 3.63) is 55.0 Å². The maximum atomic E-state index is 6.18. The van der Waals surface area contributed by atoms with Crippen molar-refractivity contribution in [2.75, 3.05) is 12.4 Å². The summed E-state index contributed by atoms with van der Waals surface area (Å²) in [6.45, 7) is 0. The zero-order valence-electron chi connectivity index (χ0n) is 17.3. The Morgan fingerprint density at radius 1 is 1.07 bits per heavy atom. The number of hydrogen-bond acceptors (Lipinski definition) is 5. The molecule has 0 saturated heterocycles. The second-order valence-corrected chi connectivity index (χ2v) is 7.89. The molecule has 7 heteroatoms. The van der Waals surface area contributed by atoms with Gasteiger partial charge in [-0.25, -0.2) is 4.98 Å². The van der Waals surface area contributed by atoms with E-state index in [9.17, 15) is 0 Å². The molecule has 1 N–H and O–H groups in total. The Hall–Kier alpha value is -3.35. The highest BCUT2D eigenvalue weighted by Gasteiger charge is 2.27. The van der Waals surface area contributed by atoms with Gasteiger partial charge in [0, 0.05) is 43.5 Å². The lowest BCUT2D eigenvalue weighted by molar-refractivity contribution is 0.131. The fourth-order valence-electron chi connectivity index (χ4n) is 4.30. The number of anilines is 1. The topological polar surface area (TPSA) is 69.8 Å². The lowest BCUT2D eigenvalue weighted by Gasteiger charge is -2.29. The first kappa shape index (κ1) is 18.7. The van der Waals surface area contributed by atoms with Gasteiger partial charge < -0.3 is 10.1 Å². The third-order valence-electron chi connectivity index (χ3n) is 5.86. The number of rotatable bonds is 5. The molecule has 1 aliphatic carbocycles. The minimum absolute atomic E-state index is 0.262. The van der Waals surface area contributed by atoms with Crippen LogP contribution < -0.4 is 10.1 Å². The molecular formula is C23H26N6O. The average molecular weight is 403 g/mol. The first-order valence-electron chi connectivity index (χ1n) is 10.5. The number of nitrogens with one attached hydrogen (secondary N) is 1. The summed E-state index contributed by atoms with van der Waals surface area (Å²) in [6, 6.07) is 12.5. The Labute approximate surface area is 175 Å². The zero-order valence-corrected chi connectivity index (χ0v) is 17.3. The molecule has 30 heavy (non-hydrogen) atoms. The Bertz CT molecular complexity index is 1140. The molecule has 1 aliphatic rings. The summed E-state index contributed by atoms with van der Waals surface area (Å²) in [5, 5.41) is 13.6. The van der Waals surface area contributed by atoms with Crippen molar-refractivity contribution in [2.24, 2.45) is 7.05 Å². The number of para-hydroxylation sites is 1. The van der Waals surface area contributed by atoms with Gasteiger partial charge in [-0.15, -0.1) is 0 Å². The predicted octanol–water partition coefficient (Wildman–Crippen LogP) is 4.44. The molecule has 3 aromatic heterocycles. The summed E-state index contributed by atoms with van der Waals surface area (Å²) in [5.74, 6) is 1.80. The monoisotopic (exact) mass is 402 g/mol. The van der Waals surface area contributed by atoms with E-state index in [1.54, 1.807) is 0 Å². The summed E-state index contributed by atoms with van der Waals surface area (Å²) in [4.78, 5) is 4.52. The SMILES string of the molecule is CNc1cc2c(cn1)c(-c1cnn(C)c1)nn2[C@H]1CC[C@@H](Oc2ccccc2)CC1. The van der Waals surface area contributed by atoms with Gasteiger partial charge in [-0.3, -0.25) is 9.36 Å². The molecule has 0 atom stereocenters. The molecule has 1 saturated carbocycles. The van der Waals surface area contributed by atoms with Crippen LogP contribution in [0, 0.1) is 0 Å². The number of aromatic nitrogens is 5. The van der Waals surface area contributed by atoms with Gasteiger partial charge in [-0.2, -0.15) is 10.2 Å². The number of nitrogens with zero attached hydrogens (tertiary/aromatic N) is 5. The second-order valence-electron chi connectivity index (χ2n) is 7.89. The van der Waals surface area contributed by atoms with E-state index in [0.29, 0.717) is 6.04 Å². The minimum atomic E-state index is 0.262. The smallest absolute Gasteiger partial charge is 0.127 e. The Morgan fingerprint density at radius 2 is 1.87 bits per heavy atom. The van der Waals surface area contributed by atoms with E-state index in [1.165, 1.54) is 0 Å². The number of aryl methyl sites for hydroxylation is 1. The van der Waals surface area contributed by atoms with E-state index < -0.39 is 0 Å². The third-order valence-corrected chi connectivity index (χ3v) is 5.86. The van der Waals surface area contributed by atoms with Gasteiger partial charge in [0.15, 0.2) is 0 Å². The van der Waals surface area contributed by atoms with Crippen molar-refractivity contribution < 1.29 is 4.74 Å². The first-order valence-corrected chi connectivity index (χ1v) is 10.5. The summed E-state index contributed by atoms with van der Waals surface area (Å²) in [7, 11) is 3.82. The Balaban J connectivity index is 1.42. The maximum absolute atomic E-state index is 6.18. The maximum Gasteiger partial charge on any atom is 0.127 e. The van der Waals surface area contributed by atoms with Crippen molar-refractivity contribution in [2.45, 2.75) is 37.8 Å². The Kier molecular flexibility index (Phi) is 4.86. The van der Waals surface area contributed by atoms with Crippen LogP contribution in [0.2, 0.25) is 0 Å². The van der Waals surface area contributed by atoms with Crippen LogP contribution in [-0.4, -0.2) is 37.7 Å². The molecule has 4 aromatic rings. The van der Waals surface area contributed by atoms with Gasteiger partial charge in [0.05, 0.1) is 23.9 Å². The van der Waals surface area contributed by atoms with Crippen LogP contribution in [0.4, 0.5) is 5.82 Å². The van der Waals surface area contributed by atoms with Crippen LogP contribution in [0.25, 0.3) is 22.2 Å². The molecule has 0 spiro atoms. The quantitative estimate of drug-likeness (QED) is 0.535. The molecule has 3 heterocycles. The van der Waals surface area contributed by atoms with Crippen LogP contribution >= 0.6 is 0 Å². The van der Waals surface area contributed by atoms with Crippen LogP contribution in [0.3, 0.4) is 0 Å². The largest absolute Gasteiger partial charge is 0.490 e. The van der Waals surface area contributed by atoms with E-state index >= 15 is 0 Å². The lowest BCUT2D eigenvalue weighted by atomic mass is 9.93. The summed E-state index contributed by atoms with van der Waals surface area (Å²) in [5.41, 5.74) is 3.07. The van der Waals surface area contributed by atoms with Gasteiger partial charge in [0.2, 0.25) is 0 Å². The minimum Gasteiger partial charge on any atom is -0.490 e. The summed E-state index contributed by atoms with van der Waals surface area (Å²) < 4.78 is 10.2. The number of hydrogen-bond donors (Lipinski definition) is 1. The highest BCUT2D eigenvalue weighted by Crippen LogP contribution is 2.36. The predicted molar refractivity (Wildman–Crippen MR) is 118 cm³/mol. The first-order chi connectivity index (χ1) is 14.7. The van der Waals surface area contributed by atoms with Gasteiger partial charge in [-0.1, -0.05) is 18.2 Å². The van der Waals surface area contributed by atoms with E-state index in [1.807, 2.05) is 67.7 Å². The van der Waals surface area contributed by atoms with Gasteiger partial charge in [0.1, 0.15) is 17.3 Å². The zero-order chi connectivity index (χ0) is 20.5. The fraction of sp³-hybridized carbons (Fsp3) is 0.348. The van der Waals surface area contributed by atoms with Crippen molar-refractivity contribution in [1.82, 2.24) is 24.5 Å². The molecule has 1 fully saturated rings. The molecular weight excluding hydrogens is 376 g/mol. The number of benzene rings is 1. The molecule has 0 amide bonds. The molecule has 0 radical (unpaired) electrons. The fourth-order valence-corrected chi connectivity index (χ4v) is 4.30. The van der Waals surface area contributed by atoms with E-state index in [4.69, 9.17) is 9.84 Å². The third kappa shape index (κ3) is 3.51. The number of pyridine rings is 1. The highest BCUT2D eigenvalue weighted by molar-refractivity contribution is 5.93. The van der Waals surface area contributed by atoms with E-state index in [0.717, 1.165) is 59.4 Å². The van der Waals surface area contributed by atoms with Crippen LogP contribution in [0.5, 0.6) is 5.75 Å². The molecule has 0 aliphatic heterocycles. The molecule has 0 unspecified atom stereocenters. The van der Waals surface area contributed by atoms with Gasteiger partial charge >= 0.3 is 0 Å². The van der Waals surface area contributed by atoms with Crippen LogP contribution in [0.15, 0.2) is 55.0 Å². The molecule has 1 aromatic carbocycles. The highest BCUT2D eigenvalue weighted by atomic mass is 16.5. The Morgan fingerprint density at radius 3 is 2.57 bits per heavy atom.